The second kappa shape index (κ2) is 6.02. The van der Waals surface area contributed by atoms with Crippen LogP contribution in [0.2, 0.25) is 0 Å². The Morgan fingerprint density at radius 2 is 1.95 bits per heavy atom. The number of rotatable bonds is 5. The van der Waals surface area contributed by atoms with Gasteiger partial charge in [-0.15, -0.1) is 11.3 Å². The molecule has 0 radical (unpaired) electrons. The summed E-state index contributed by atoms with van der Waals surface area (Å²) in [6.45, 7) is 6.21. The molecular formula is C16H18O2S. The van der Waals surface area contributed by atoms with E-state index in [1.54, 1.807) is 18.3 Å². The van der Waals surface area contributed by atoms with Crippen LogP contribution in [0.1, 0.15) is 39.5 Å². The Morgan fingerprint density at radius 3 is 2.58 bits per heavy atom. The number of thiophene rings is 1. The lowest BCUT2D eigenvalue weighted by molar-refractivity contribution is 0.101. The fourth-order valence-electron chi connectivity index (χ4n) is 1.88. The topological polar surface area (TPSA) is 26.3 Å². The number of Topliss-reactive ketones (excluding diaryl/α,β-unsaturated/α-hetero) is 1. The van der Waals surface area contributed by atoms with Gasteiger partial charge in [-0.25, -0.2) is 0 Å². The van der Waals surface area contributed by atoms with Crippen LogP contribution in [0.15, 0.2) is 30.3 Å². The fourth-order valence-corrected chi connectivity index (χ4v) is 2.75. The number of carbonyl (C=O) groups excluding carboxylic acids is 1. The maximum Gasteiger partial charge on any atom is 0.163 e. The maximum absolute atomic E-state index is 11.6. The number of aryl methyl sites for hydroxylation is 2. The van der Waals surface area contributed by atoms with Crippen LogP contribution in [0.4, 0.5) is 0 Å². The lowest BCUT2D eigenvalue weighted by Crippen LogP contribution is -2.01. The van der Waals surface area contributed by atoms with Gasteiger partial charge in [-0.05, 0) is 44.5 Å². The van der Waals surface area contributed by atoms with E-state index in [2.05, 4.69) is 19.1 Å². The molecular weight excluding hydrogens is 256 g/mol. The Labute approximate surface area is 118 Å². The third-order valence-electron chi connectivity index (χ3n) is 2.95. The van der Waals surface area contributed by atoms with Gasteiger partial charge in [0.05, 0.1) is 5.56 Å². The maximum atomic E-state index is 11.6. The van der Waals surface area contributed by atoms with Crippen LogP contribution < -0.4 is 4.74 Å². The first-order chi connectivity index (χ1) is 9.10. The van der Waals surface area contributed by atoms with Crippen molar-refractivity contribution in [2.45, 2.75) is 33.8 Å². The zero-order valence-electron chi connectivity index (χ0n) is 11.5. The van der Waals surface area contributed by atoms with Gasteiger partial charge in [0.2, 0.25) is 0 Å². The summed E-state index contributed by atoms with van der Waals surface area (Å²) in [7, 11) is 0. The summed E-state index contributed by atoms with van der Waals surface area (Å²) < 4.78 is 5.79. The molecule has 0 saturated heterocycles. The highest BCUT2D eigenvalue weighted by Gasteiger charge is 2.09. The van der Waals surface area contributed by atoms with Crippen LogP contribution in [0.3, 0.4) is 0 Å². The summed E-state index contributed by atoms with van der Waals surface area (Å²) in [5.74, 6) is 0.712. The third kappa shape index (κ3) is 3.44. The lowest BCUT2D eigenvalue weighted by Gasteiger charge is -2.09. The van der Waals surface area contributed by atoms with E-state index < -0.39 is 0 Å². The van der Waals surface area contributed by atoms with Gasteiger partial charge in [0, 0.05) is 9.75 Å². The van der Waals surface area contributed by atoms with Crippen LogP contribution in [0, 0.1) is 6.92 Å². The average molecular weight is 274 g/mol. The van der Waals surface area contributed by atoms with Gasteiger partial charge in [0.25, 0.3) is 0 Å². The summed E-state index contributed by atoms with van der Waals surface area (Å²) in [6.07, 6.45) is 1.05. The van der Waals surface area contributed by atoms with Gasteiger partial charge < -0.3 is 4.74 Å². The number of hydrogen-bond donors (Lipinski definition) is 0. The average Bonchev–Trinajstić information content (AvgIpc) is 2.85. The highest BCUT2D eigenvalue weighted by molar-refractivity contribution is 7.11. The Kier molecular flexibility index (Phi) is 4.38. The van der Waals surface area contributed by atoms with Crippen molar-refractivity contribution in [1.82, 2.24) is 0 Å². The SMILES string of the molecule is CCc1ccc(COc2ccc(C)cc2C(C)=O)s1. The molecule has 0 saturated carbocycles. The molecule has 0 bridgehead atoms. The Morgan fingerprint density at radius 1 is 1.21 bits per heavy atom. The highest BCUT2D eigenvalue weighted by atomic mass is 32.1. The summed E-state index contributed by atoms with van der Waals surface area (Å²) in [4.78, 5) is 14.1. The zero-order valence-corrected chi connectivity index (χ0v) is 12.3. The molecule has 0 fully saturated rings. The van der Waals surface area contributed by atoms with E-state index >= 15 is 0 Å². The van der Waals surface area contributed by atoms with Crippen molar-refractivity contribution in [1.29, 1.82) is 0 Å². The molecule has 1 aromatic carbocycles. The third-order valence-corrected chi connectivity index (χ3v) is 4.15. The van der Waals surface area contributed by atoms with E-state index in [1.807, 2.05) is 25.1 Å². The Hall–Kier alpha value is -1.61. The fraction of sp³-hybridized carbons (Fsp3) is 0.312. The molecule has 0 unspecified atom stereocenters. The number of carbonyl (C=O) groups is 1. The Bertz CT molecular complexity index is 584. The molecule has 1 heterocycles. The summed E-state index contributed by atoms with van der Waals surface area (Å²) >= 11 is 1.76. The van der Waals surface area contributed by atoms with Crippen molar-refractivity contribution in [2.24, 2.45) is 0 Å². The standard InChI is InChI=1S/C16H18O2S/c1-4-13-6-7-14(19-13)10-18-16-8-5-11(2)9-15(16)12(3)17/h5-9H,4,10H2,1-3H3. The minimum Gasteiger partial charge on any atom is -0.487 e. The predicted molar refractivity (Wildman–Crippen MR) is 79.2 cm³/mol. The zero-order chi connectivity index (χ0) is 13.8. The minimum absolute atomic E-state index is 0.0409. The smallest absolute Gasteiger partial charge is 0.163 e. The minimum atomic E-state index is 0.0409. The molecule has 2 rings (SSSR count). The number of benzene rings is 1. The van der Waals surface area contributed by atoms with Crippen molar-refractivity contribution >= 4 is 17.1 Å². The number of ether oxygens (including phenoxy) is 1. The second-order valence-electron chi connectivity index (χ2n) is 4.57. The van der Waals surface area contributed by atoms with E-state index in [0.29, 0.717) is 17.9 Å². The van der Waals surface area contributed by atoms with Gasteiger partial charge in [-0.2, -0.15) is 0 Å². The van der Waals surface area contributed by atoms with Crippen molar-refractivity contribution in [3.63, 3.8) is 0 Å². The second-order valence-corrected chi connectivity index (χ2v) is 5.82. The van der Waals surface area contributed by atoms with Crippen LogP contribution in [-0.2, 0) is 13.0 Å². The molecule has 2 aromatic rings. The van der Waals surface area contributed by atoms with Gasteiger partial charge in [0.1, 0.15) is 12.4 Å². The van der Waals surface area contributed by atoms with Gasteiger partial charge in [-0.1, -0.05) is 18.6 Å². The normalized spacial score (nSPS) is 10.5. The first-order valence-electron chi connectivity index (χ1n) is 6.42. The summed E-state index contributed by atoms with van der Waals surface area (Å²) in [5, 5.41) is 0. The largest absolute Gasteiger partial charge is 0.487 e. The van der Waals surface area contributed by atoms with Crippen LogP contribution in [-0.4, -0.2) is 5.78 Å². The van der Waals surface area contributed by atoms with Gasteiger partial charge in [0.15, 0.2) is 5.78 Å². The summed E-state index contributed by atoms with van der Waals surface area (Å²) in [5.41, 5.74) is 1.73. The molecule has 1 aromatic heterocycles. The van der Waals surface area contributed by atoms with Crippen LogP contribution in [0.25, 0.3) is 0 Å². The number of hydrogen-bond acceptors (Lipinski definition) is 3. The first-order valence-corrected chi connectivity index (χ1v) is 7.23. The molecule has 0 aliphatic rings. The van der Waals surface area contributed by atoms with Gasteiger partial charge >= 0.3 is 0 Å². The van der Waals surface area contributed by atoms with E-state index in [0.717, 1.165) is 12.0 Å². The monoisotopic (exact) mass is 274 g/mol. The van der Waals surface area contributed by atoms with Crippen molar-refractivity contribution in [3.8, 4) is 5.75 Å². The summed E-state index contributed by atoms with van der Waals surface area (Å²) in [6, 6.07) is 9.94. The molecule has 0 amide bonds. The molecule has 0 atom stereocenters. The van der Waals surface area contributed by atoms with E-state index in [1.165, 1.54) is 9.75 Å². The van der Waals surface area contributed by atoms with Crippen LogP contribution >= 0.6 is 11.3 Å². The predicted octanol–water partition coefficient (Wildman–Crippen LogP) is 4.40. The quantitative estimate of drug-likeness (QED) is 0.755. The van der Waals surface area contributed by atoms with Crippen molar-refractivity contribution in [3.05, 3.63) is 51.2 Å². The molecule has 3 heteroatoms. The molecule has 0 N–H and O–H groups in total. The van der Waals surface area contributed by atoms with Crippen molar-refractivity contribution < 1.29 is 9.53 Å². The molecule has 100 valence electrons. The lowest BCUT2D eigenvalue weighted by atomic mass is 10.1. The van der Waals surface area contributed by atoms with Crippen molar-refractivity contribution in [2.75, 3.05) is 0 Å². The van der Waals surface area contributed by atoms with Gasteiger partial charge in [-0.3, -0.25) is 4.79 Å². The first kappa shape index (κ1) is 13.8. The number of ketones is 1. The molecule has 0 spiro atoms. The Balaban J connectivity index is 2.12. The molecule has 0 aliphatic heterocycles. The highest BCUT2D eigenvalue weighted by Crippen LogP contribution is 2.24. The molecule has 19 heavy (non-hydrogen) atoms. The molecule has 2 nitrogen and oxygen atoms in total. The van der Waals surface area contributed by atoms with E-state index in [-0.39, 0.29) is 5.78 Å². The molecule has 0 aliphatic carbocycles. The van der Waals surface area contributed by atoms with E-state index in [9.17, 15) is 4.79 Å². The van der Waals surface area contributed by atoms with Crippen LogP contribution in [0.5, 0.6) is 5.75 Å². The van der Waals surface area contributed by atoms with E-state index in [4.69, 9.17) is 4.74 Å².